The van der Waals surface area contributed by atoms with Gasteiger partial charge in [-0.2, -0.15) is 0 Å². The molecule has 0 saturated heterocycles. The molecule has 0 saturated carbocycles. The molecule has 0 aromatic carbocycles. The normalized spacial score (nSPS) is 14.2. The summed E-state index contributed by atoms with van der Waals surface area (Å²) in [6.07, 6.45) is 5.50. The van der Waals surface area contributed by atoms with Crippen molar-refractivity contribution in [1.29, 1.82) is 0 Å². The van der Waals surface area contributed by atoms with Crippen molar-refractivity contribution in [2.45, 2.75) is 60.8 Å². The molecule has 0 aliphatic carbocycles. The Kier molecular flexibility index (Phi) is 8.78. The number of esters is 1. The van der Waals surface area contributed by atoms with Crippen molar-refractivity contribution < 1.29 is 9.53 Å². The predicted octanol–water partition coefficient (Wildman–Crippen LogP) is 4.59. The van der Waals surface area contributed by atoms with Gasteiger partial charge >= 0.3 is 5.97 Å². The van der Waals surface area contributed by atoms with Crippen LogP contribution in [0.1, 0.15) is 60.8 Å². The van der Waals surface area contributed by atoms with E-state index < -0.39 is 0 Å². The Balaban J connectivity index is 4.00. The van der Waals surface area contributed by atoms with Crippen LogP contribution in [0.15, 0.2) is 11.6 Å². The van der Waals surface area contributed by atoms with Crippen molar-refractivity contribution in [3.8, 4) is 0 Å². The van der Waals surface area contributed by atoms with Gasteiger partial charge in [-0.25, -0.2) is 0 Å². The predicted molar refractivity (Wildman–Crippen MR) is 77.4 cm³/mol. The Morgan fingerprint density at radius 2 is 1.83 bits per heavy atom. The quantitative estimate of drug-likeness (QED) is 0.467. The zero-order chi connectivity index (χ0) is 14.1. The van der Waals surface area contributed by atoms with E-state index >= 15 is 0 Å². The van der Waals surface area contributed by atoms with Gasteiger partial charge in [-0.15, -0.1) is 0 Å². The zero-order valence-corrected chi connectivity index (χ0v) is 13.0. The van der Waals surface area contributed by atoms with Gasteiger partial charge in [-0.05, 0) is 38.5 Å². The van der Waals surface area contributed by atoms with Gasteiger partial charge in [-0.3, -0.25) is 4.79 Å². The second-order valence-electron chi connectivity index (χ2n) is 5.80. The van der Waals surface area contributed by atoms with E-state index in [1.807, 2.05) is 6.92 Å². The van der Waals surface area contributed by atoms with Gasteiger partial charge in [-0.1, -0.05) is 45.8 Å². The Hall–Kier alpha value is -0.790. The highest BCUT2D eigenvalue weighted by Crippen LogP contribution is 2.16. The third kappa shape index (κ3) is 7.52. The average Bonchev–Trinajstić information content (AvgIpc) is 2.31. The lowest BCUT2D eigenvalue weighted by atomic mass is 9.98. The minimum Gasteiger partial charge on any atom is -0.465 e. The fraction of sp³-hybridized carbons (Fsp3) is 0.812. The van der Waals surface area contributed by atoms with Crippen LogP contribution in [-0.4, -0.2) is 12.6 Å². The molecule has 0 bridgehead atoms. The minimum absolute atomic E-state index is 0.000267. The lowest BCUT2D eigenvalue weighted by Crippen LogP contribution is -2.22. The largest absolute Gasteiger partial charge is 0.465 e. The lowest BCUT2D eigenvalue weighted by molar-refractivity contribution is -0.150. The Bertz CT molecular complexity index is 262. The van der Waals surface area contributed by atoms with Gasteiger partial charge in [0.15, 0.2) is 0 Å². The summed E-state index contributed by atoms with van der Waals surface area (Å²) in [5.74, 6) is 0.790. The summed E-state index contributed by atoms with van der Waals surface area (Å²) in [6.45, 7) is 13.0. The zero-order valence-electron chi connectivity index (χ0n) is 13.0. The molecule has 0 fully saturated rings. The van der Waals surface area contributed by atoms with E-state index in [2.05, 4.69) is 40.7 Å². The molecule has 106 valence electrons. The van der Waals surface area contributed by atoms with Crippen LogP contribution >= 0.6 is 0 Å². The number of carbonyl (C=O) groups excluding carboxylic acids is 1. The van der Waals surface area contributed by atoms with Crippen molar-refractivity contribution in [1.82, 2.24) is 0 Å². The Morgan fingerprint density at radius 3 is 2.28 bits per heavy atom. The van der Waals surface area contributed by atoms with E-state index in [0.29, 0.717) is 18.4 Å². The molecule has 0 radical (unpaired) electrons. The van der Waals surface area contributed by atoms with Crippen LogP contribution < -0.4 is 0 Å². The summed E-state index contributed by atoms with van der Waals surface area (Å²) >= 11 is 0. The summed E-state index contributed by atoms with van der Waals surface area (Å²) in [7, 11) is 0. The molecule has 0 rings (SSSR count). The van der Waals surface area contributed by atoms with Gasteiger partial charge in [0.05, 0.1) is 12.5 Å². The first-order valence-corrected chi connectivity index (χ1v) is 7.18. The molecule has 0 unspecified atom stereocenters. The van der Waals surface area contributed by atoms with E-state index in [0.717, 1.165) is 19.3 Å². The van der Waals surface area contributed by atoms with Crippen LogP contribution in [0.4, 0.5) is 0 Å². The third-order valence-corrected chi connectivity index (χ3v) is 3.54. The van der Waals surface area contributed by atoms with Gasteiger partial charge in [0.25, 0.3) is 0 Å². The van der Waals surface area contributed by atoms with Gasteiger partial charge in [0, 0.05) is 0 Å². The first-order chi connectivity index (χ1) is 8.38. The first-order valence-electron chi connectivity index (χ1n) is 7.18. The minimum atomic E-state index is -0.0503. The summed E-state index contributed by atoms with van der Waals surface area (Å²) < 4.78 is 5.42. The molecule has 0 N–H and O–H groups in total. The summed E-state index contributed by atoms with van der Waals surface area (Å²) in [5, 5.41) is 0. The molecule has 0 spiro atoms. The van der Waals surface area contributed by atoms with E-state index in [9.17, 15) is 4.79 Å². The average molecular weight is 254 g/mol. The molecule has 2 atom stereocenters. The van der Waals surface area contributed by atoms with Crippen LogP contribution in [0, 0.1) is 17.8 Å². The third-order valence-electron chi connectivity index (χ3n) is 3.54. The van der Waals surface area contributed by atoms with Crippen LogP contribution in [0.25, 0.3) is 0 Å². The monoisotopic (exact) mass is 254 g/mol. The number of hydrogen-bond acceptors (Lipinski definition) is 2. The smallest absolute Gasteiger partial charge is 0.308 e. The van der Waals surface area contributed by atoms with Crippen molar-refractivity contribution in [2.24, 2.45) is 17.8 Å². The molecule has 0 aromatic rings. The number of rotatable bonds is 8. The molecule has 2 nitrogen and oxygen atoms in total. The van der Waals surface area contributed by atoms with Crippen molar-refractivity contribution in [3.63, 3.8) is 0 Å². The van der Waals surface area contributed by atoms with Crippen molar-refractivity contribution >= 4 is 5.97 Å². The highest BCUT2D eigenvalue weighted by atomic mass is 16.5. The number of hydrogen-bond donors (Lipinski definition) is 0. The molecular weight excluding hydrogens is 224 g/mol. The van der Waals surface area contributed by atoms with E-state index in [4.69, 9.17) is 4.74 Å². The summed E-state index contributed by atoms with van der Waals surface area (Å²) in [4.78, 5) is 11.8. The Morgan fingerprint density at radius 1 is 1.22 bits per heavy atom. The maximum absolute atomic E-state index is 11.8. The molecule has 0 aliphatic heterocycles. The van der Waals surface area contributed by atoms with Gasteiger partial charge in [0.1, 0.15) is 0 Å². The number of carbonyl (C=O) groups is 1. The highest BCUT2D eigenvalue weighted by molar-refractivity contribution is 5.72. The second-order valence-corrected chi connectivity index (χ2v) is 5.80. The molecule has 0 aliphatic rings. The summed E-state index contributed by atoms with van der Waals surface area (Å²) in [6, 6.07) is 0. The van der Waals surface area contributed by atoms with Crippen LogP contribution in [0.2, 0.25) is 0 Å². The van der Waals surface area contributed by atoms with Gasteiger partial charge < -0.3 is 4.74 Å². The van der Waals surface area contributed by atoms with E-state index in [1.165, 1.54) is 5.57 Å². The van der Waals surface area contributed by atoms with Crippen molar-refractivity contribution in [3.05, 3.63) is 11.6 Å². The first kappa shape index (κ1) is 17.2. The maximum Gasteiger partial charge on any atom is 0.308 e. The lowest BCUT2D eigenvalue weighted by Gasteiger charge is -2.18. The maximum atomic E-state index is 11.8. The SMILES string of the molecule is CC[C@@H](CCC=C(C)C)COC(=O)[C@@H](C)C(C)C. The molecule has 18 heavy (non-hydrogen) atoms. The molecule has 0 amide bonds. The Labute approximate surface area is 113 Å². The molecular formula is C16H30O2. The topological polar surface area (TPSA) is 26.3 Å². The fourth-order valence-electron chi connectivity index (χ4n) is 1.62. The van der Waals surface area contributed by atoms with Gasteiger partial charge in [0.2, 0.25) is 0 Å². The number of ether oxygens (including phenoxy) is 1. The fourth-order valence-corrected chi connectivity index (χ4v) is 1.62. The van der Waals surface area contributed by atoms with E-state index in [-0.39, 0.29) is 11.9 Å². The standard InChI is InChI=1S/C16H30O2/c1-7-15(10-8-9-12(2)3)11-18-16(17)14(6)13(4)5/h9,13-15H,7-8,10-11H2,1-6H3/t14-,15-/m0/s1. The second kappa shape index (κ2) is 9.18. The van der Waals surface area contributed by atoms with Crippen LogP contribution in [0.3, 0.4) is 0 Å². The molecule has 0 aromatic heterocycles. The number of allylic oxidation sites excluding steroid dienone is 2. The van der Waals surface area contributed by atoms with E-state index in [1.54, 1.807) is 0 Å². The van der Waals surface area contributed by atoms with Crippen LogP contribution in [0.5, 0.6) is 0 Å². The molecule has 2 heteroatoms. The highest BCUT2D eigenvalue weighted by Gasteiger charge is 2.19. The van der Waals surface area contributed by atoms with Crippen molar-refractivity contribution in [2.75, 3.05) is 6.61 Å². The van der Waals surface area contributed by atoms with Crippen LogP contribution in [-0.2, 0) is 9.53 Å². The molecule has 0 heterocycles. The summed E-state index contributed by atoms with van der Waals surface area (Å²) in [5.41, 5.74) is 1.36.